The van der Waals surface area contributed by atoms with Gasteiger partial charge in [0.2, 0.25) is 0 Å². The fourth-order valence-corrected chi connectivity index (χ4v) is 2.99. The van der Waals surface area contributed by atoms with Gasteiger partial charge in [-0.1, -0.05) is 35.9 Å². The third kappa shape index (κ3) is 2.41. The summed E-state index contributed by atoms with van der Waals surface area (Å²) in [6.07, 6.45) is 1.94. The van der Waals surface area contributed by atoms with Gasteiger partial charge in [0.05, 0.1) is 22.2 Å². The highest BCUT2D eigenvalue weighted by Crippen LogP contribution is 2.28. The van der Waals surface area contributed by atoms with Crippen molar-refractivity contribution in [2.45, 2.75) is 20.4 Å². The largest absolute Gasteiger partial charge is 0.341 e. The molecule has 0 spiro atoms. The quantitative estimate of drug-likeness (QED) is 0.665. The molecule has 0 radical (unpaired) electrons. The molecule has 0 aliphatic heterocycles. The zero-order chi connectivity index (χ0) is 15.0. The van der Waals surface area contributed by atoms with Crippen LogP contribution in [0.4, 0.5) is 0 Å². The molecule has 0 N–H and O–H groups in total. The van der Waals surface area contributed by atoms with E-state index in [1.807, 2.05) is 18.3 Å². The lowest BCUT2D eigenvalue weighted by atomic mass is 10.0. The van der Waals surface area contributed by atoms with Crippen LogP contribution in [0.5, 0.6) is 0 Å². The van der Waals surface area contributed by atoms with Crippen molar-refractivity contribution >= 4 is 22.5 Å². The summed E-state index contributed by atoms with van der Waals surface area (Å²) in [7, 11) is 0. The van der Waals surface area contributed by atoms with Crippen molar-refractivity contribution in [1.82, 2.24) is 4.57 Å². The van der Waals surface area contributed by atoms with Crippen LogP contribution in [0.15, 0.2) is 42.6 Å². The van der Waals surface area contributed by atoms with E-state index in [0.29, 0.717) is 5.56 Å². The maximum Gasteiger partial charge on any atom is 0.0992 e. The van der Waals surface area contributed by atoms with Gasteiger partial charge in [-0.3, -0.25) is 0 Å². The molecule has 3 heteroatoms. The van der Waals surface area contributed by atoms with Crippen molar-refractivity contribution < 1.29 is 0 Å². The summed E-state index contributed by atoms with van der Waals surface area (Å²) in [5.41, 5.74) is 5.49. The average molecular weight is 295 g/mol. The lowest BCUT2D eigenvalue weighted by Crippen LogP contribution is -2.02. The molecule has 0 atom stereocenters. The van der Waals surface area contributed by atoms with Gasteiger partial charge in [0.1, 0.15) is 0 Å². The summed E-state index contributed by atoms with van der Waals surface area (Å²) in [5, 5.41) is 10.8. The highest BCUT2D eigenvalue weighted by Gasteiger charge is 2.10. The highest BCUT2D eigenvalue weighted by atomic mass is 35.5. The van der Waals surface area contributed by atoms with E-state index in [0.717, 1.165) is 22.5 Å². The number of aryl methyl sites for hydroxylation is 2. The van der Waals surface area contributed by atoms with Crippen LogP contribution in [-0.2, 0) is 6.54 Å². The SMILES string of the molecule is Cc1cccc(C)c1Cn1cc(Cl)c2ccc(C#N)cc21. The minimum absolute atomic E-state index is 0.653. The molecule has 3 rings (SSSR count). The van der Waals surface area contributed by atoms with E-state index in [2.05, 4.69) is 42.7 Å². The molecule has 0 bridgehead atoms. The molecule has 0 fully saturated rings. The summed E-state index contributed by atoms with van der Waals surface area (Å²) in [6, 6.07) is 14.1. The fraction of sp³-hybridized carbons (Fsp3) is 0.167. The molecule has 1 aromatic heterocycles. The molecule has 0 amide bonds. The van der Waals surface area contributed by atoms with Gasteiger partial charge in [-0.15, -0.1) is 0 Å². The lowest BCUT2D eigenvalue weighted by molar-refractivity contribution is 0.823. The molecule has 1 heterocycles. The predicted octanol–water partition coefficient (Wildman–Crippen LogP) is 4.83. The van der Waals surface area contributed by atoms with Crippen LogP contribution in [-0.4, -0.2) is 4.57 Å². The fourth-order valence-electron chi connectivity index (χ4n) is 2.72. The molecule has 0 unspecified atom stereocenters. The second-order valence-electron chi connectivity index (χ2n) is 5.32. The summed E-state index contributed by atoms with van der Waals surface area (Å²) in [5.74, 6) is 0. The standard InChI is InChI=1S/C18H15ClN2/c1-12-4-3-5-13(2)16(12)10-21-11-17(19)15-7-6-14(9-20)8-18(15)21/h3-8,11H,10H2,1-2H3. The van der Waals surface area contributed by atoms with Gasteiger partial charge in [-0.2, -0.15) is 5.26 Å². The first-order valence-corrected chi connectivity index (χ1v) is 7.21. The van der Waals surface area contributed by atoms with Crippen molar-refractivity contribution in [3.05, 3.63) is 69.9 Å². The van der Waals surface area contributed by atoms with Crippen LogP contribution in [0.1, 0.15) is 22.3 Å². The van der Waals surface area contributed by atoms with E-state index in [1.165, 1.54) is 16.7 Å². The number of halogens is 1. The maximum atomic E-state index is 9.08. The summed E-state index contributed by atoms with van der Waals surface area (Å²) in [4.78, 5) is 0. The number of hydrogen-bond acceptors (Lipinski definition) is 1. The Morgan fingerprint density at radius 2 is 1.86 bits per heavy atom. The minimum Gasteiger partial charge on any atom is -0.341 e. The average Bonchev–Trinajstić information content (AvgIpc) is 2.79. The first kappa shape index (κ1) is 13.7. The predicted molar refractivity (Wildman–Crippen MR) is 86.7 cm³/mol. The number of rotatable bonds is 2. The Bertz CT molecular complexity index is 849. The molecular formula is C18H15ClN2. The van der Waals surface area contributed by atoms with Crippen molar-refractivity contribution in [1.29, 1.82) is 5.26 Å². The zero-order valence-electron chi connectivity index (χ0n) is 12.0. The van der Waals surface area contributed by atoms with Crippen molar-refractivity contribution in [2.24, 2.45) is 0 Å². The van der Waals surface area contributed by atoms with E-state index in [1.54, 1.807) is 6.07 Å². The molecular weight excluding hydrogens is 280 g/mol. The molecule has 2 aromatic carbocycles. The van der Waals surface area contributed by atoms with E-state index >= 15 is 0 Å². The smallest absolute Gasteiger partial charge is 0.0992 e. The van der Waals surface area contributed by atoms with Gasteiger partial charge in [-0.05, 0) is 42.7 Å². The van der Waals surface area contributed by atoms with Crippen molar-refractivity contribution in [3.8, 4) is 6.07 Å². The summed E-state index contributed by atoms with van der Waals surface area (Å²) < 4.78 is 2.12. The molecule has 21 heavy (non-hydrogen) atoms. The number of hydrogen-bond donors (Lipinski definition) is 0. The van der Waals surface area contributed by atoms with E-state index < -0.39 is 0 Å². The topological polar surface area (TPSA) is 28.7 Å². The third-order valence-corrected chi connectivity index (χ3v) is 4.24. The maximum absolute atomic E-state index is 9.08. The Labute approximate surface area is 129 Å². The number of benzene rings is 2. The Morgan fingerprint density at radius 3 is 2.52 bits per heavy atom. The normalized spacial score (nSPS) is 10.8. The van der Waals surface area contributed by atoms with Crippen LogP contribution in [0.2, 0.25) is 5.02 Å². The van der Waals surface area contributed by atoms with Gasteiger partial charge < -0.3 is 4.57 Å². The Hall–Kier alpha value is -2.24. The van der Waals surface area contributed by atoms with E-state index in [9.17, 15) is 0 Å². The van der Waals surface area contributed by atoms with Gasteiger partial charge in [0, 0.05) is 18.1 Å². The van der Waals surface area contributed by atoms with Crippen molar-refractivity contribution in [3.63, 3.8) is 0 Å². The Morgan fingerprint density at radius 1 is 1.14 bits per heavy atom. The van der Waals surface area contributed by atoms with E-state index in [-0.39, 0.29) is 0 Å². The molecule has 2 nitrogen and oxygen atoms in total. The second kappa shape index (κ2) is 5.27. The number of aromatic nitrogens is 1. The Balaban J connectivity index is 2.15. The molecule has 3 aromatic rings. The zero-order valence-corrected chi connectivity index (χ0v) is 12.8. The molecule has 0 saturated carbocycles. The van der Waals surface area contributed by atoms with Gasteiger partial charge in [-0.25, -0.2) is 0 Å². The van der Waals surface area contributed by atoms with Gasteiger partial charge >= 0.3 is 0 Å². The van der Waals surface area contributed by atoms with Crippen LogP contribution < -0.4 is 0 Å². The number of nitriles is 1. The van der Waals surface area contributed by atoms with E-state index in [4.69, 9.17) is 16.9 Å². The van der Waals surface area contributed by atoms with Crippen LogP contribution in [0.25, 0.3) is 10.9 Å². The summed E-state index contributed by atoms with van der Waals surface area (Å²) >= 11 is 6.32. The Kier molecular flexibility index (Phi) is 3.45. The lowest BCUT2D eigenvalue weighted by Gasteiger charge is -2.11. The van der Waals surface area contributed by atoms with Crippen LogP contribution in [0.3, 0.4) is 0 Å². The van der Waals surface area contributed by atoms with Gasteiger partial charge in [0.15, 0.2) is 0 Å². The number of fused-ring (bicyclic) bond motifs is 1. The molecule has 0 aliphatic carbocycles. The highest BCUT2D eigenvalue weighted by molar-refractivity contribution is 6.35. The van der Waals surface area contributed by atoms with Crippen LogP contribution >= 0.6 is 11.6 Å². The second-order valence-corrected chi connectivity index (χ2v) is 5.73. The molecule has 104 valence electrons. The first-order valence-electron chi connectivity index (χ1n) is 6.83. The van der Waals surface area contributed by atoms with Crippen molar-refractivity contribution in [2.75, 3.05) is 0 Å². The number of nitrogens with zero attached hydrogens (tertiary/aromatic N) is 2. The van der Waals surface area contributed by atoms with Gasteiger partial charge in [0.25, 0.3) is 0 Å². The summed E-state index contributed by atoms with van der Waals surface area (Å²) in [6.45, 7) is 5.00. The minimum atomic E-state index is 0.653. The first-order chi connectivity index (χ1) is 10.1. The molecule has 0 aliphatic rings. The van der Waals surface area contributed by atoms with Crippen LogP contribution in [0, 0.1) is 25.2 Å². The monoisotopic (exact) mass is 294 g/mol. The molecule has 0 saturated heterocycles. The third-order valence-electron chi connectivity index (χ3n) is 3.94.